The van der Waals surface area contributed by atoms with E-state index in [0.29, 0.717) is 11.3 Å². The SMILES string of the molecule is CCN(CC)c1ccc(/C=C(\C#N)C(=O)Nc2cccc3ncccc23)c(O)c1. The van der Waals surface area contributed by atoms with Crippen molar-refractivity contribution in [2.75, 3.05) is 23.3 Å². The highest BCUT2D eigenvalue weighted by molar-refractivity contribution is 6.12. The molecule has 0 aliphatic carbocycles. The number of amides is 1. The molecule has 6 nitrogen and oxygen atoms in total. The summed E-state index contributed by atoms with van der Waals surface area (Å²) in [6.07, 6.45) is 3.07. The summed E-state index contributed by atoms with van der Waals surface area (Å²) in [7, 11) is 0. The molecule has 146 valence electrons. The highest BCUT2D eigenvalue weighted by Crippen LogP contribution is 2.27. The smallest absolute Gasteiger partial charge is 0.266 e. The zero-order valence-corrected chi connectivity index (χ0v) is 16.4. The lowest BCUT2D eigenvalue weighted by atomic mass is 10.1. The number of carbonyl (C=O) groups excluding carboxylic acids is 1. The van der Waals surface area contributed by atoms with Crippen LogP contribution in [0.1, 0.15) is 19.4 Å². The molecule has 0 aliphatic rings. The van der Waals surface area contributed by atoms with Gasteiger partial charge in [0, 0.05) is 42.0 Å². The van der Waals surface area contributed by atoms with Gasteiger partial charge in [-0.15, -0.1) is 0 Å². The molecule has 0 saturated carbocycles. The van der Waals surface area contributed by atoms with Crippen LogP contribution in [-0.2, 0) is 4.79 Å². The van der Waals surface area contributed by atoms with E-state index in [1.54, 1.807) is 36.5 Å². The van der Waals surface area contributed by atoms with Crippen LogP contribution in [0.2, 0.25) is 0 Å². The van der Waals surface area contributed by atoms with Gasteiger partial charge in [-0.05, 0) is 56.3 Å². The van der Waals surface area contributed by atoms with Crippen LogP contribution >= 0.6 is 0 Å². The standard InChI is InChI=1S/C23H22N4O2/c1-3-27(4-2)18-11-10-16(22(28)14-18)13-17(15-24)23(29)26-21-9-5-8-20-19(21)7-6-12-25-20/h5-14,28H,3-4H2,1-2H3,(H,26,29)/b17-13+. The average Bonchev–Trinajstić information content (AvgIpc) is 2.74. The molecule has 3 rings (SSSR count). The van der Waals surface area contributed by atoms with E-state index in [0.717, 1.165) is 29.7 Å². The fourth-order valence-electron chi connectivity index (χ4n) is 3.15. The Hall–Kier alpha value is -3.85. The number of phenols is 1. The molecule has 29 heavy (non-hydrogen) atoms. The van der Waals surface area contributed by atoms with Gasteiger partial charge >= 0.3 is 0 Å². The van der Waals surface area contributed by atoms with E-state index in [1.165, 1.54) is 6.08 Å². The van der Waals surface area contributed by atoms with E-state index in [2.05, 4.69) is 15.2 Å². The van der Waals surface area contributed by atoms with E-state index in [1.807, 2.05) is 38.1 Å². The lowest BCUT2D eigenvalue weighted by molar-refractivity contribution is -0.112. The van der Waals surface area contributed by atoms with Gasteiger partial charge < -0.3 is 15.3 Å². The van der Waals surface area contributed by atoms with Gasteiger partial charge in [0.1, 0.15) is 17.4 Å². The van der Waals surface area contributed by atoms with E-state index in [9.17, 15) is 15.2 Å². The molecule has 2 aromatic carbocycles. The first-order chi connectivity index (χ1) is 14.1. The minimum Gasteiger partial charge on any atom is -0.507 e. The summed E-state index contributed by atoms with van der Waals surface area (Å²) >= 11 is 0. The second-order valence-electron chi connectivity index (χ2n) is 6.42. The van der Waals surface area contributed by atoms with Crippen molar-refractivity contribution in [3.05, 3.63) is 65.9 Å². The molecule has 0 saturated heterocycles. The van der Waals surface area contributed by atoms with Crippen molar-refractivity contribution in [2.45, 2.75) is 13.8 Å². The third-order valence-corrected chi connectivity index (χ3v) is 4.70. The number of aromatic nitrogens is 1. The Labute approximate surface area is 169 Å². The highest BCUT2D eigenvalue weighted by Gasteiger charge is 2.13. The number of nitrogens with one attached hydrogen (secondary N) is 1. The van der Waals surface area contributed by atoms with Gasteiger partial charge in [-0.3, -0.25) is 9.78 Å². The van der Waals surface area contributed by atoms with Crippen molar-refractivity contribution in [1.82, 2.24) is 4.98 Å². The summed E-state index contributed by atoms with van der Waals surface area (Å²) in [5.41, 5.74) is 2.51. The Kier molecular flexibility index (Phi) is 6.10. The Balaban J connectivity index is 1.88. The number of pyridine rings is 1. The molecule has 2 N–H and O–H groups in total. The Morgan fingerprint density at radius 1 is 1.21 bits per heavy atom. The second kappa shape index (κ2) is 8.89. The highest BCUT2D eigenvalue weighted by atomic mass is 16.3. The number of aromatic hydroxyl groups is 1. The number of phenolic OH excluding ortho intramolecular Hbond substituents is 1. The number of hydrogen-bond donors (Lipinski definition) is 2. The topological polar surface area (TPSA) is 89.3 Å². The van der Waals surface area contributed by atoms with Crippen LogP contribution in [0.15, 0.2) is 60.3 Å². The maximum atomic E-state index is 12.7. The number of anilines is 2. The molecular formula is C23H22N4O2. The van der Waals surface area contributed by atoms with Crippen molar-refractivity contribution >= 4 is 34.3 Å². The van der Waals surface area contributed by atoms with E-state index >= 15 is 0 Å². The minimum atomic E-state index is -0.545. The lowest BCUT2D eigenvalue weighted by Gasteiger charge is -2.21. The molecule has 1 aromatic heterocycles. The molecule has 6 heteroatoms. The molecule has 0 atom stereocenters. The minimum absolute atomic E-state index is 0.0179. The number of rotatable bonds is 6. The first-order valence-corrected chi connectivity index (χ1v) is 9.42. The van der Waals surface area contributed by atoms with Crippen molar-refractivity contribution in [3.63, 3.8) is 0 Å². The average molecular weight is 386 g/mol. The van der Waals surface area contributed by atoms with Gasteiger partial charge in [0.15, 0.2) is 0 Å². The van der Waals surface area contributed by atoms with Crippen molar-refractivity contribution in [1.29, 1.82) is 5.26 Å². The van der Waals surface area contributed by atoms with Gasteiger partial charge in [-0.2, -0.15) is 5.26 Å². The molecule has 0 bridgehead atoms. The largest absolute Gasteiger partial charge is 0.507 e. The Morgan fingerprint density at radius 2 is 2.00 bits per heavy atom. The van der Waals surface area contributed by atoms with Gasteiger partial charge in [0.25, 0.3) is 5.91 Å². The second-order valence-corrected chi connectivity index (χ2v) is 6.42. The van der Waals surface area contributed by atoms with Gasteiger partial charge in [-0.1, -0.05) is 6.07 Å². The number of nitriles is 1. The maximum absolute atomic E-state index is 12.7. The number of fused-ring (bicyclic) bond motifs is 1. The summed E-state index contributed by atoms with van der Waals surface area (Å²) in [6, 6.07) is 16.2. The van der Waals surface area contributed by atoms with E-state index in [-0.39, 0.29) is 11.3 Å². The van der Waals surface area contributed by atoms with E-state index < -0.39 is 5.91 Å². The summed E-state index contributed by atoms with van der Waals surface area (Å²) < 4.78 is 0. The Morgan fingerprint density at radius 3 is 2.69 bits per heavy atom. The lowest BCUT2D eigenvalue weighted by Crippen LogP contribution is -2.21. The number of hydrogen-bond acceptors (Lipinski definition) is 5. The molecule has 3 aromatic rings. The van der Waals surface area contributed by atoms with Gasteiger partial charge in [-0.25, -0.2) is 0 Å². The first-order valence-electron chi connectivity index (χ1n) is 9.42. The number of benzene rings is 2. The Bertz CT molecular complexity index is 1110. The normalized spacial score (nSPS) is 11.1. The summed E-state index contributed by atoms with van der Waals surface area (Å²) in [5.74, 6) is -0.527. The summed E-state index contributed by atoms with van der Waals surface area (Å²) in [5, 5.41) is 23.4. The third kappa shape index (κ3) is 4.36. The van der Waals surface area contributed by atoms with Crippen molar-refractivity contribution < 1.29 is 9.90 Å². The molecular weight excluding hydrogens is 364 g/mol. The van der Waals surface area contributed by atoms with E-state index in [4.69, 9.17) is 0 Å². The van der Waals surface area contributed by atoms with Crippen molar-refractivity contribution in [3.8, 4) is 11.8 Å². The van der Waals surface area contributed by atoms with Crippen molar-refractivity contribution in [2.24, 2.45) is 0 Å². The molecule has 1 amide bonds. The molecule has 0 spiro atoms. The van der Waals surface area contributed by atoms with Gasteiger partial charge in [0.05, 0.1) is 11.2 Å². The van der Waals surface area contributed by atoms with Gasteiger partial charge in [0.2, 0.25) is 0 Å². The molecule has 0 unspecified atom stereocenters. The number of carbonyl (C=O) groups is 1. The number of nitrogens with zero attached hydrogens (tertiary/aromatic N) is 3. The quantitative estimate of drug-likeness (QED) is 0.486. The molecule has 1 heterocycles. The maximum Gasteiger partial charge on any atom is 0.266 e. The fraction of sp³-hybridized carbons (Fsp3) is 0.174. The van der Waals surface area contributed by atoms with Crippen LogP contribution in [-0.4, -0.2) is 29.1 Å². The summed E-state index contributed by atoms with van der Waals surface area (Å²) in [4.78, 5) is 19.0. The first kappa shape index (κ1) is 19.9. The predicted octanol–water partition coefficient (Wildman–Crippen LogP) is 4.33. The van der Waals surface area contributed by atoms with Crippen LogP contribution < -0.4 is 10.2 Å². The zero-order valence-electron chi connectivity index (χ0n) is 16.4. The third-order valence-electron chi connectivity index (χ3n) is 4.70. The van der Waals surface area contributed by atoms with Crippen LogP contribution in [0.25, 0.3) is 17.0 Å². The van der Waals surface area contributed by atoms with Crippen LogP contribution in [0.5, 0.6) is 5.75 Å². The monoisotopic (exact) mass is 386 g/mol. The fourth-order valence-corrected chi connectivity index (χ4v) is 3.15. The predicted molar refractivity (Wildman–Crippen MR) is 116 cm³/mol. The van der Waals surface area contributed by atoms with Crippen LogP contribution in [0.3, 0.4) is 0 Å². The van der Waals surface area contributed by atoms with Crippen LogP contribution in [0, 0.1) is 11.3 Å². The molecule has 0 fully saturated rings. The zero-order chi connectivity index (χ0) is 20.8. The molecule has 0 aliphatic heterocycles. The summed E-state index contributed by atoms with van der Waals surface area (Å²) in [6.45, 7) is 5.71. The molecule has 0 radical (unpaired) electrons. The van der Waals surface area contributed by atoms with Crippen LogP contribution in [0.4, 0.5) is 11.4 Å².